The summed E-state index contributed by atoms with van der Waals surface area (Å²) in [5.74, 6) is 1.48. The van der Waals surface area contributed by atoms with Crippen molar-refractivity contribution >= 4 is 23.2 Å². The summed E-state index contributed by atoms with van der Waals surface area (Å²) in [7, 11) is 3.74. The van der Waals surface area contributed by atoms with E-state index in [1.165, 1.54) is 11.1 Å². The van der Waals surface area contributed by atoms with E-state index in [1.807, 2.05) is 32.6 Å². The quantitative estimate of drug-likeness (QED) is 0.746. The van der Waals surface area contributed by atoms with E-state index in [-0.39, 0.29) is 22.5 Å². The van der Waals surface area contributed by atoms with E-state index in [2.05, 4.69) is 22.4 Å². The van der Waals surface area contributed by atoms with Gasteiger partial charge in [0.25, 0.3) is 5.56 Å². The first-order chi connectivity index (χ1) is 14.8. The second-order valence-corrected chi connectivity index (χ2v) is 8.53. The lowest BCUT2D eigenvalue weighted by Gasteiger charge is -2.39. The number of aryl methyl sites for hydroxylation is 1. The maximum absolute atomic E-state index is 12.0. The van der Waals surface area contributed by atoms with Crippen LogP contribution >= 0.6 is 11.6 Å². The van der Waals surface area contributed by atoms with Crippen molar-refractivity contribution in [1.82, 2.24) is 19.6 Å². The molecule has 1 aromatic heterocycles. The fraction of sp³-hybridized carbons (Fsp3) is 0.783. The van der Waals surface area contributed by atoms with Crippen molar-refractivity contribution in [3.05, 3.63) is 21.6 Å². The van der Waals surface area contributed by atoms with Crippen LogP contribution in [0, 0.1) is 11.8 Å². The molecule has 31 heavy (non-hydrogen) atoms. The van der Waals surface area contributed by atoms with Crippen LogP contribution in [0.5, 0.6) is 0 Å². The van der Waals surface area contributed by atoms with E-state index in [9.17, 15) is 9.59 Å². The first-order valence-corrected chi connectivity index (χ1v) is 12.1. The van der Waals surface area contributed by atoms with Gasteiger partial charge in [-0.15, -0.1) is 0 Å². The van der Waals surface area contributed by atoms with E-state index in [1.54, 1.807) is 20.2 Å². The molecule has 2 fully saturated rings. The number of nitrogens with one attached hydrogen (secondary N) is 1. The highest BCUT2D eigenvalue weighted by molar-refractivity contribution is 6.32. The van der Waals surface area contributed by atoms with Gasteiger partial charge in [-0.05, 0) is 44.6 Å². The van der Waals surface area contributed by atoms with Gasteiger partial charge in [-0.3, -0.25) is 9.59 Å². The molecule has 8 heteroatoms. The van der Waals surface area contributed by atoms with Gasteiger partial charge in [0.15, 0.2) is 0 Å². The zero-order valence-electron chi connectivity index (χ0n) is 20.4. The summed E-state index contributed by atoms with van der Waals surface area (Å²) < 4.78 is 1.25. The van der Waals surface area contributed by atoms with E-state index >= 15 is 0 Å². The smallest absolute Gasteiger partial charge is 0.287 e. The van der Waals surface area contributed by atoms with Gasteiger partial charge in [0.1, 0.15) is 5.02 Å². The highest BCUT2D eigenvalue weighted by atomic mass is 35.5. The number of hydrogen-bond donors (Lipinski definition) is 1. The van der Waals surface area contributed by atoms with Crippen molar-refractivity contribution < 1.29 is 4.79 Å². The molecule has 2 saturated heterocycles. The van der Waals surface area contributed by atoms with Gasteiger partial charge < -0.3 is 15.1 Å². The maximum Gasteiger partial charge on any atom is 0.287 e. The fourth-order valence-electron chi connectivity index (χ4n) is 4.50. The molecule has 0 saturated carbocycles. The molecular formula is C23H42ClN5O2. The number of halogens is 1. The lowest BCUT2D eigenvalue weighted by molar-refractivity contribution is -0.130. The second-order valence-electron chi connectivity index (χ2n) is 8.15. The minimum Gasteiger partial charge on any atom is -0.378 e. The molecule has 2 aliphatic rings. The van der Waals surface area contributed by atoms with Crippen molar-refractivity contribution in [3.8, 4) is 0 Å². The third kappa shape index (κ3) is 8.11. The summed E-state index contributed by atoms with van der Waals surface area (Å²) in [5.41, 5.74) is 0.341. The summed E-state index contributed by atoms with van der Waals surface area (Å²) in [5, 5.41) is 7.71. The highest BCUT2D eigenvalue weighted by Crippen LogP contribution is 2.30. The molecule has 7 nitrogen and oxygen atoms in total. The summed E-state index contributed by atoms with van der Waals surface area (Å²) in [6.45, 7) is 13.4. The predicted molar refractivity (Wildman–Crippen MR) is 130 cm³/mol. The van der Waals surface area contributed by atoms with Gasteiger partial charge in [0.2, 0.25) is 5.91 Å². The number of hydrogen-bond acceptors (Lipinski definition) is 5. The normalized spacial score (nSPS) is 22.0. The van der Waals surface area contributed by atoms with Crippen molar-refractivity contribution in [2.75, 3.05) is 38.5 Å². The Morgan fingerprint density at radius 3 is 2.32 bits per heavy atom. The lowest BCUT2D eigenvalue weighted by atomic mass is 9.82. The van der Waals surface area contributed by atoms with Gasteiger partial charge in [-0.25, -0.2) is 4.68 Å². The van der Waals surface area contributed by atoms with Crippen molar-refractivity contribution in [1.29, 1.82) is 0 Å². The van der Waals surface area contributed by atoms with Gasteiger partial charge in [-0.1, -0.05) is 39.3 Å². The predicted octanol–water partition coefficient (Wildman–Crippen LogP) is 3.87. The standard InChI is InChI=1S/C19H30ClN5O2.2C2H6/c1-13(26)25-6-4-14(5-7-25)8-15-9-16(12-23(2)11-15)22-17-10-21-24(3)19(27)18(17)20;2*1-2/h10,14-16,22H,4-9,11-12H2,1-3H3;2*1-2H3/t15?,16-;;/m1../s1. The number of carbonyl (C=O) groups excluding carboxylic acids is 1. The number of nitrogens with zero attached hydrogens (tertiary/aromatic N) is 4. The molecule has 0 spiro atoms. The minimum atomic E-state index is -0.278. The average Bonchev–Trinajstić information content (AvgIpc) is 2.77. The second kappa shape index (κ2) is 13.7. The van der Waals surface area contributed by atoms with E-state index in [0.717, 1.165) is 45.4 Å². The molecule has 0 aromatic carbocycles. The lowest BCUT2D eigenvalue weighted by Crippen LogP contribution is -2.45. The number of carbonyl (C=O) groups is 1. The molecule has 2 atom stereocenters. The Bertz CT molecular complexity index is 731. The van der Waals surface area contributed by atoms with Gasteiger partial charge in [0, 0.05) is 46.2 Å². The number of piperidine rings is 2. The number of anilines is 1. The Morgan fingerprint density at radius 1 is 1.13 bits per heavy atom. The Kier molecular flexibility index (Phi) is 12.2. The first kappa shape index (κ1) is 27.4. The van der Waals surface area contributed by atoms with Crippen molar-refractivity contribution in [2.45, 2.75) is 66.3 Å². The Balaban J connectivity index is 0.00000113. The molecule has 1 amide bonds. The van der Waals surface area contributed by atoms with E-state index in [4.69, 9.17) is 11.6 Å². The fourth-order valence-corrected chi connectivity index (χ4v) is 4.73. The van der Waals surface area contributed by atoms with Crippen LogP contribution in [-0.2, 0) is 11.8 Å². The van der Waals surface area contributed by atoms with Gasteiger partial charge in [0.05, 0.1) is 11.9 Å². The molecule has 1 unspecified atom stereocenters. The van der Waals surface area contributed by atoms with Crippen LogP contribution in [0.1, 0.15) is 60.3 Å². The molecule has 3 heterocycles. The monoisotopic (exact) mass is 455 g/mol. The molecule has 0 bridgehead atoms. The molecule has 178 valence electrons. The molecule has 0 radical (unpaired) electrons. The maximum atomic E-state index is 12.0. The van der Waals surface area contributed by atoms with Gasteiger partial charge in [-0.2, -0.15) is 5.10 Å². The van der Waals surface area contributed by atoms with Gasteiger partial charge >= 0.3 is 0 Å². The number of likely N-dealkylation sites (N-methyl/N-ethyl adjacent to an activating group) is 1. The Hall–Kier alpha value is -1.60. The summed E-state index contributed by atoms with van der Waals surface area (Å²) in [6.07, 6.45) is 6.08. The minimum absolute atomic E-state index is 0.189. The zero-order chi connectivity index (χ0) is 23.6. The van der Waals surface area contributed by atoms with Crippen molar-refractivity contribution in [2.24, 2.45) is 18.9 Å². The van der Waals surface area contributed by atoms with Crippen LogP contribution in [0.3, 0.4) is 0 Å². The number of amides is 1. The number of rotatable bonds is 4. The van der Waals surface area contributed by atoms with Crippen LogP contribution in [0.25, 0.3) is 0 Å². The molecule has 2 aliphatic heterocycles. The molecule has 1 aromatic rings. The van der Waals surface area contributed by atoms with Crippen LogP contribution in [-0.4, -0.2) is 64.8 Å². The van der Waals surface area contributed by atoms with Crippen LogP contribution in [0.4, 0.5) is 5.69 Å². The van der Waals surface area contributed by atoms with Crippen LogP contribution in [0.2, 0.25) is 5.02 Å². The molecule has 0 aliphatic carbocycles. The third-order valence-corrected chi connectivity index (χ3v) is 6.25. The summed E-state index contributed by atoms with van der Waals surface area (Å²) >= 11 is 6.20. The SMILES string of the molecule is CC.CC.CC(=O)N1CCC(CC2C[C@@H](Nc3cnn(C)c(=O)c3Cl)CN(C)C2)CC1. The van der Waals surface area contributed by atoms with Crippen LogP contribution < -0.4 is 10.9 Å². The van der Waals surface area contributed by atoms with E-state index < -0.39 is 0 Å². The third-order valence-electron chi connectivity index (χ3n) is 5.88. The average molecular weight is 456 g/mol. The zero-order valence-corrected chi connectivity index (χ0v) is 21.2. The Morgan fingerprint density at radius 2 is 1.74 bits per heavy atom. The first-order valence-electron chi connectivity index (χ1n) is 11.8. The molecular weight excluding hydrogens is 414 g/mol. The summed E-state index contributed by atoms with van der Waals surface area (Å²) in [6, 6.07) is 0.248. The molecule has 3 rings (SSSR count). The van der Waals surface area contributed by atoms with E-state index in [0.29, 0.717) is 17.5 Å². The van der Waals surface area contributed by atoms with Crippen molar-refractivity contribution in [3.63, 3.8) is 0 Å². The largest absolute Gasteiger partial charge is 0.378 e. The highest BCUT2D eigenvalue weighted by Gasteiger charge is 2.29. The number of aromatic nitrogens is 2. The Labute approximate surface area is 193 Å². The topological polar surface area (TPSA) is 70.5 Å². The van der Waals surface area contributed by atoms with Crippen LogP contribution in [0.15, 0.2) is 11.0 Å². The molecule has 1 N–H and O–H groups in total. The summed E-state index contributed by atoms with van der Waals surface area (Å²) in [4.78, 5) is 27.8. The number of likely N-dealkylation sites (tertiary alicyclic amines) is 2.